The van der Waals surface area contributed by atoms with Crippen LogP contribution >= 0.6 is 7.26 Å². The Hall–Kier alpha value is -1.96. The summed E-state index contributed by atoms with van der Waals surface area (Å²) in [5.41, 5.74) is 1.29. The van der Waals surface area contributed by atoms with Gasteiger partial charge in [-0.15, -0.1) is 0 Å². The van der Waals surface area contributed by atoms with E-state index >= 15 is 0 Å². The lowest BCUT2D eigenvalue weighted by Gasteiger charge is -2.37. The summed E-state index contributed by atoms with van der Waals surface area (Å²) in [6, 6.07) is 33.1. The third-order valence-corrected chi connectivity index (χ3v) is 10.8. The van der Waals surface area contributed by atoms with Crippen LogP contribution in [0.4, 0.5) is 0 Å². The fourth-order valence-electron chi connectivity index (χ4n) is 4.89. The molecule has 0 N–H and O–H groups in total. The fraction of sp³-hybridized carbons (Fsp3) is 0.286. The molecule has 0 heterocycles. The van der Waals surface area contributed by atoms with E-state index in [0.29, 0.717) is 0 Å². The van der Waals surface area contributed by atoms with Crippen molar-refractivity contribution >= 4 is 23.2 Å². The molecule has 1 fully saturated rings. The number of allylic oxidation sites excluding steroid dienone is 1. The monoisotopic (exact) mass is 466 g/mol. The standard InChI is InChI=1S/C28H32O2P.ClH/c1-29-28(30-2)22-13-12-14-24(28)21-23-31(25-15-6-3-7-16-25,26-17-8-4-9-18-26)27-19-10-5-11-20-27;/h3-11,15-21H,12-14,22-23H2,1-2H3;1H/q+1;/p-1/b24-21+;. The molecule has 4 rings (SSSR count). The SMILES string of the molecule is COC1(OC)CCCC/C1=C\C[P+](c1ccccc1)(c1ccccc1)c1ccccc1.[Cl-]. The van der Waals surface area contributed by atoms with Gasteiger partial charge in [0.15, 0.2) is 5.79 Å². The first-order valence-corrected chi connectivity index (χ1v) is 13.1. The van der Waals surface area contributed by atoms with Crippen molar-refractivity contribution in [1.82, 2.24) is 0 Å². The molecular weight excluding hydrogens is 435 g/mol. The summed E-state index contributed by atoms with van der Waals surface area (Å²) in [5, 5.41) is 4.21. The second kappa shape index (κ2) is 11.3. The molecule has 0 atom stereocenters. The molecule has 0 saturated heterocycles. The summed E-state index contributed by atoms with van der Waals surface area (Å²) < 4.78 is 11.9. The number of halogens is 1. The number of methoxy groups -OCH3 is 2. The predicted molar refractivity (Wildman–Crippen MR) is 133 cm³/mol. The van der Waals surface area contributed by atoms with Crippen LogP contribution in [-0.2, 0) is 9.47 Å². The van der Waals surface area contributed by atoms with Gasteiger partial charge in [0.25, 0.3) is 0 Å². The summed E-state index contributed by atoms with van der Waals surface area (Å²) in [4.78, 5) is 0. The Kier molecular flexibility index (Phi) is 8.68. The van der Waals surface area contributed by atoms with Gasteiger partial charge in [-0.25, -0.2) is 0 Å². The molecule has 1 aliphatic rings. The highest BCUT2D eigenvalue weighted by Gasteiger charge is 2.45. The molecule has 0 bridgehead atoms. The highest BCUT2D eigenvalue weighted by molar-refractivity contribution is 7.95. The second-order valence-electron chi connectivity index (χ2n) is 8.10. The van der Waals surface area contributed by atoms with E-state index in [1.165, 1.54) is 27.9 Å². The quantitative estimate of drug-likeness (QED) is 0.302. The highest BCUT2D eigenvalue weighted by atomic mass is 35.5. The molecule has 3 aromatic rings. The minimum absolute atomic E-state index is 0. The summed E-state index contributed by atoms with van der Waals surface area (Å²) in [6.07, 6.45) is 7.66. The van der Waals surface area contributed by atoms with Gasteiger partial charge in [-0.2, -0.15) is 0 Å². The Labute approximate surface area is 199 Å². The largest absolute Gasteiger partial charge is 1.00 e. The highest BCUT2D eigenvalue weighted by Crippen LogP contribution is 2.56. The molecule has 0 spiro atoms. The van der Waals surface area contributed by atoms with Crippen LogP contribution in [0.5, 0.6) is 0 Å². The van der Waals surface area contributed by atoms with Crippen LogP contribution < -0.4 is 28.3 Å². The van der Waals surface area contributed by atoms with Gasteiger partial charge in [0, 0.05) is 20.6 Å². The van der Waals surface area contributed by atoms with E-state index in [9.17, 15) is 0 Å². The van der Waals surface area contributed by atoms with Gasteiger partial charge in [0.2, 0.25) is 0 Å². The Bertz CT molecular complexity index is 889. The molecule has 0 radical (unpaired) electrons. The minimum Gasteiger partial charge on any atom is -1.00 e. The molecule has 0 amide bonds. The molecule has 3 aromatic carbocycles. The maximum atomic E-state index is 5.94. The van der Waals surface area contributed by atoms with Gasteiger partial charge in [0.1, 0.15) is 23.2 Å². The molecule has 1 saturated carbocycles. The number of benzene rings is 3. The molecule has 0 aliphatic heterocycles. The summed E-state index contributed by atoms with van der Waals surface area (Å²) in [5.74, 6) is -0.585. The number of rotatable bonds is 7. The number of ether oxygens (including phenoxy) is 2. The van der Waals surface area contributed by atoms with Crippen LogP contribution in [0, 0.1) is 0 Å². The van der Waals surface area contributed by atoms with Crippen molar-refractivity contribution in [3.63, 3.8) is 0 Å². The van der Waals surface area contributed by atoms with E-state index in [0.717, 1.165) is 25.4 Å². The molecule has 4 heteroatoms. The van der Waals surface area contributed by atoms with E-state index < -0.39 is 13.0 Å². The lowest BCUT2D eigenvalue weighted by molar-refractivity contribution is -0.190. The van der Waals surface area contributed by atoms with Crippen molar-refractivity contribution in [2.24, 2.45) is 0 Å². The smallest absolute Gasteiger partial charge is 0.190 e. The van der Waals surface area contributed by atoms with E-state index in [1.807, 2.05) is 0 Å². The first-order valence-electron chi connectivity index (χ1n) is 11.1. The van der Waals surface area contributed by atoms with Gasteiger partial charge >= 0.3 is 0 Å². The lowest BCUT2D eigenvalue weighted by atomic mass is 9.88. The summed E-state index contributed by atoms with van der Waals surface area (Å²) >= 11 is 0. The average molecular weight is 467 g/mol. The number of hydrogen-bond acceptors (Lipinski definition) is 2. The maximum Gasteiger partial charge on any atom is 0.190 e. The molecule has 2 nitrogen and oxygen atoms in total. The maximum absolute atomic E-state index is 5.94. The van der Waals surface area contributed by atoms with Crippen LogP contribution in [0.1, 0.15) is 25.7 Å². The topological polar surface area (TPSA) is 18.5 Å². The van der Waals surface area contributed by atoms with Gasteiger partial charge in [-0.1, -0.05) is 54.6 Å². The number of hydrogen-bond donors (Lipinski definition) is 0. The molecule has 0 aromatic heterocycles. The van der Waals surface area contributed by atoms with Crippen LogP contribution in [0.25, 0.3) is 0 Å². The Morgan fingerprint density at radius 3 is 1.56 bits per heavy atom. The average Bonchev–Trinajstić information content (AvgIpc) is 2.87. The zero-order chi connectivity index (χ0) is 21.6. The second-order valence-corrected chi connectivity index (χ2v) is 11.6. The molecule has 0 unspecified atom stereocenters. The van der Waals surface area contributed by atoms with E-state index in [2.05, 4.69) is 97.1 Å². The van der Waals surface area contributed by atoms with Gasteiger partial charge in [0.05, 0.1) is 6.16 Å². The normalized spacial score (nSPS) is 17.0. The molecule has 168 valence electrons. The first-order chi connectivity index (χ1) is 15.2. The third-order valence-electron chi connectivity index (χ3n) is 6.55. The van der Waals surface area contributed by atoms with Crippen molar-refractivity contribution in [2.45, 2.75) is 31.5 Å². The van der Waals surface area contributed by atoms with Gasteiger partial charge in [-0.3, -0.25) is 0 Å². The van der Waals surface area contributed by atoms with Crippen LogP contribution in [0.3, 0.4) is 0 Å². The molecular formula is C28H32ClO2P. The molecule has 1 aliphatic carbocycles. The zero-order valence-electron chi connectivity index (χ0n) is 18.9. The Morgan fingerprint density at radius 2 is 1.16 bits per heavy atom. The fourth-order valence-corrected chi connectivity index (χ4v) is 8.95. The van der Waals surface area contributed by atoms with Crippen LogP contribution in [0.15, 0.2) is 103 Å². The molecule has 32 heavy (non-hydrogen) atoms. The van der Waals surface area contributed by atoms with Crippen molar-refractivity contribution in [1.29, 1.82) is 0 Å². The van der Waals surface area contributed by atoms with Crippen molar-refractivity contribution in [3.05, 3.63) is 103 Å². The van der Waals surface area contributed by atoms with Crippen LogP contribution in [-0.4, -0.2) is 26.2 Å². The van der Waals surface area contributed by atoms with E-state index in [4.69, 9.17) is 9.47 Å². The summed E-state index contributed by atoms with van der Waals surface area (Å²) in [6.45, 7) is 0. The predicted octanol–water partition coefficient (Wildman–Crippen LogP) is 2.47. The van der Waals surface area contributed by atoms with E-state index in [-0.39, 0.29) is 12.4 Å². The Morgan fingerprint density at radius 1 is 0.719 bits per heavy atom. The first kappa shape index (κ1) is 24.7. The van der Waals surface area contributed by atoms with Crippen LogP contribution in [0.2, 0.25) is 0 Å². The van der Waals surface area contributed by atoms with E-state index in [1.54, 1.807) is 14.2 Å². The van der Waals surface area contributed by atoms with Crippen molar-refractivity contribution in [3.8, 4) is 0 Å². The summed E-state index contributed by atoms with van der Waals surface area (Å²) in [7, 11) is 1.66. The third kappa shape index (κ3) is 4.70. The minimum atomic E-state index is -1.88. The Balaban J connectivity index is 0.00000289. The van der Waals surface area contributed by atoms with Crippen molar-refractivity contribution < 1.29 is 21.9 Å². The van der Waals surface area contributed by atoms with Gasteiger partial charge in [-0.05, 0) is 67.3 Å². The van der Waals surface area contributed by atoms with Gasteiger partial charge < -0.3 is 21.9 Å². The lowest BCUT2D eigenvalue weighted by Crippen LogP contribution is -3.00. The zero-order valence-corrected chi connectivity index (χ0v) is 20.6. The van der Waals surface area contributed by atoms with Crippen molar-refractivity contribution in [2.75, 3.05) is 20.4 Å².